The molecule has 2 rings (SSSR count). The second-order valence-electron chi connectivity index (χ2n) is 5.18. The average molecular weight is 360 g/mol. The summed E-state index contributed by atoms with van der Waals surface area (Å²) in [5, 5.41) is 0. The third-order valence-corrected chi connectivity index (χ3v) is 4.10. The van der Waals surface area contributed by atoms with Gasteiger partial charge in [0.15, 0.2) is 0 Å². The molecule has 0 aromatic carbocycles. The first-order valence-electron chi connectivity index (χ1n) is 7.20. The molecule has 0 bridgehead atoms. The standard InChI is InChI=1S/2C7H14.2ClH.Nb/c2*1-2-7-5-3-4-6-7;;;/h2*7H,2-6H2,1H3;2*1H;/q;;;;+2/p-2. The molecule has 0 aromatic heterocycles. The van der Waals surface area contributed by atoms with Gasteiger partial charge in [0.1, 0.15) is 0 Å². The summed E-state index contributed by atoms with van der Waals surface area (Å²) in [5.74, 6) is 2.19. The minimum atomic E-state index is -0.706. The molecule has 3 heteroatoms. The van der Waals surface area contributed by atoms with Crippen LogP contribution in [-0.4, -0.2) is 0 Å². The summed E-state index contributed by atoms with van der Waals surface area (Å²) in [4.78, 5) is 0. The molecule has 0 unspecified atom stereocenters. The van der Waals surface area contributed by atoms with Gasteiger partial charge >= 0.3 is 36.0 Å². The van der Waals surface area contributed by atoms with E-state index in [9.17, 15) is 0 Å². The van der Waals surface area contributed by atoms with Crippen LogP contribution in [0.3, 0.4) is 0 Å². The van der Waals surface area contributed by atoms with E-state index in [1.54, 1.807) is 0 Å². The van der Waals surface area contributed by atoms with Gasteiger partial charge in [-0.3, -0.25) is 0 Å². The molecule has 2 saturated carbocycles. The van der Waals surface area contributed by atoms with E-state index in [1.165, 1.54) is 64.2 Å². The molecule has 17 heavy (non-hydrogen) atoms. The Morgan fingerprint density at radius 2 is 1.00 bits per heavy atom. The van der Waals surface area contributed by atoms with Gasteiger partial charge in [-0.05, 0) is 11.8 Å². The predicted molar refractivity (Wildman–Crippen MR) is 76.2 cm³/mol. The molecule has 0 aromatic rings. The second kappa shape index (κ2) is 13.7. The molecule has 0 N–H and O–H groups in total. The van der Waals surface area contributed by atoms with Gasteiger partial charge in [0, 0.05) is 0 Å². The van der Waals surface area contributed by atoms with E-state index in [0.717, 1.165) is 11.8 Å². The Morgan fingerprint density at radius 1 is 0.765 bits per heavy atom. The van der Waals surface area contributed by atoms with Crippen molar-refractivity contribution in [2.24, 2.45) is 11.8 Å². The normalized spacial score (nSPS) is 20.2. The van der Waals surface area contributed by atoms with E-state index in [-0.39, 0.29) is 0 Å². The number of hydrogen-bond donors (Lipinski definition) is 0. The number of halogens is 2. The Bertz CT molecular complexity index is 125. The molecular formula is C14H28Cl2Nb. The van der Waals surface area contributed by atoms with E-state index in [1.807, 2.05) is 0 Å². The van der Waals surface area contributed by atoms with E-state index in [4.69, 9.17) is 18.4 Å². The maximum absolute atomic E-state index is 4.91. The molecule has 0 radical (unpaired) electrons. The quantitative estimate of drug-likeness (QED) is 0.490. The van der Waals surface area contributed by atoms with Crippen LogP contribution in [0.2, 0.25) is 0 Å². The summed E-state index contributed by atoms with van der Waals surface area (Å²) >= 11 is -0.706. The van der Waals surface area contributed by atoms with Crippen LogP contribution in [-0.2, 0) is 17.6 Å². The minimum absolute atomic E-state index is 0.706. The molecule has 0 heterocycles. The van der Waals surface area contributed by atoms with Gasteiger partial charge in [-0.2, -0.15) is 0 Å². The Balaban J connectivity index is 0.000000247. The van der Waals surface area contributed by atoms with Crippen LogP contribution in [0.5, 0.6) is 0 Å². The van der Waals surface area contributed by atoms with Crippen molar-refractivity contribution in [1.29, 1.82) is 0 Å². The van der Waals surface area contributed by atoms with Crippen molar-refractivity contribution in [3.63, 3.8) is 0 Å². The Labute approximate surface area is 125 Å². The molecular weight excluding hydrogens is 332 g/mol. The third-order valence-electron chi connectivity index (χ3n) is 4.10. The van der Waals surface area contributed by atoms with Crippen molar-refractivity contribution in [2.75, 3.05) is 0 Å². The van der Waals surface area contributed by atoms with Crippen LogP contribution in [0.15, 0.2) is 0 Å². The number of hydrogen-bond acceptors (Lipinski definition) is 0. The second-order valence-corrected chi connectivity index (χ2v) is 8.52. The molecule has 0 spiro atoms. The summed E-state index contributed by atoms with van der Waals surface area (Å²) in [5.41, 5.74) is 0. The fourth-order valence-corrected chi connectivity index (χ4v) is 2.84. The Hall–Kier alpha value is 1.32. The molecule has 0 saturated heterocycles. The van der Waals surface area contributed by atoms with E-state index in [2.05, 4.69) is 13.8 Å². The molecule has 2 aliphatic rings. The molecule has 0 nitrogen and oxygen atoms in total. The van der Waals surface area contributed by atoms with Crippen molar-refractivity contribution in [1.82, 2.24) is 0 Å². The van der Waals surface area contributed by atoms with Gasteiger partial charge in [0.25, 0.3) is 0 Å². The zero-order chi connectivity index (χ0) is 12.9. The van der Waals surface area contributed by atoms with Crippen molar-refractivity contribution in [3.05, 3.63) is 0 Å². The van der Waals surface area contributed by atoms with Crippen molar-refractivity contribution in [3.8, 4) is 0 Å². The van der Waals surface area contributed by atoms with Gasteiger partial charge in [0.2, 0.25) is 0 Å². The first-order valence-corrected chi connectivity index (χ1v) is 12.9. The van der Waals surface area contributed by atoms with Gasteiger partial charge < -0.3 is 0 Å². The third kappa shape index (κ3) is 10.9. The summed E-state index contributed by atoms with van der Waals surface area (Å²) in [6.45, 7) is 4.60. The molecule has 2 fully saturated rings. The zero-order valence-corrected chi connectivity index (χ0v) is 15.1. The summed E-state index contributed by atoms with van der Waals surface area (Å²) in [7, 11) is 9.83. The zero-order valence-electron chi connectivity index (χ0n) is 11.4. The van der Waals surface area contributed by atoms with Crippen molar-refractivity contribution >= 4 is 18.4 Å². The number of rotatable bonds is 2. The Kier molecular flexibility index (Phi) is 14.8. The van der Waals surface area contributed by atoms with Gasteiger partial charge in [-0.15, -0.1) is 0 Å². The van der Waals surface area contributed by atoms with Gasteiger partial charge in [0.05, 0.1) is 0 Å². The topological polar surface area (TPSA) is 0 Å². The molecule has 0 aliphatic heterocycles. The van der Waals surface area contributed by atoms with Crippen LogP contribution in [0.4, 0.5) is 0 Å². The average Bonchev–Trinajstić information content (AvgIpc) is 3.04. The van der Waals surface area contributed by atoms with Crippen LogP contribution in [0.25, 0.3) is 0 Å². The first-order chi connectivity index (χ1) is 8.28. The fourth-order valence-electron chi connectivity index (χ4n) is 2.84. The predicted octanol–water partition coefficient (Wildman–Crippen LogP) is 6.55. The van der Waals surface area contributed by atoms with Gasteiger partial charge in [-0.1, -0.05) is 78.1 Å². The summed E-state index contributed by atoms with van der Waals surface area (Å²) in [6, 6.07) is 0. The maximum atomic E-state index is 4.91. The molecule has 103 valence electrons. The van der Waals surface area contributed by atoms with E-state index in [0.29, 0.717) is 0 Å². The molecule has 0 amide bonds. The van der Waals surface area contributed by atoms with Crippen LogP contribution >= 0.6 is 18.4 Å². The van der Waals surface area contributed by atoms with Gasteiger partial charge in [-0.25, -0.2) is 0 Å². The van der Waals surface area contributed by atoms with E-state index < -0.39 is 17.6 Å². The summed E-state index contributed by atoms with van der Waals surface area (Å²) in [6.07, 6.45) is 14.9. The van der Waals surface area contributed by atoms with E-state index >= 15 is 0 Å². The van der Waals surface area contributed by atoms with Crippen molar-refractivity contribution < 1.29 is 17.6 Å². The molecule has 2 aliphatic carbocycles. The SMILES string of the molecule is CCC1CCCC1.CCC1CCCC1.[Cl][Nb][Cl]. The molecule has 0 atom stereocenters. The Morgan fingerprint density at radius 3 is 1.12 bits per heavy atom. The first kappa shape index (κ1) is 18.3. The van der Waals surface area contributed by atoms with Crippen LogP contribution in [0.1, 0.15) is 78.1 Å². The van der Waals surface area contributed by atoms with Crippen molar-refractivity contribution in [2.45, 2.75) is 78.1 Å². The monoisotopic (exact) mass is 359 g/mol. The fraction of sp³-hybridized carbons (Fsp3) is 1.00. The summed E-state index contributed by atoms with van der Waals surface area (Å²) < 4.78 is 0. The van der Waals surface area contributed by atoms with Crippen LogP contribution in [0, 0.1) is 11.8 Å². The van der Waals surface area contributed by atoms with Crippen LogP contribution < -0.4 is 0 Å².